The van der Waals surface area contributed by atoms with Gasteiger partial charge in [-0.15, -0.1) is 10.1 Å². The molecule has 1 rings (SSSR count). The molecule has 0 radical (unpaired) electrons. The summed E-state index contributed by atoms with van der Waals surface area (Å²) in [6, 6.07) is 4.98. The molecule has 8 heteroatoms. The molecular weight excluding hydrogens is 282 g/mol. The zero-order valence-corrected chi connectivity index (χ0v) is 11.6. The second kappa shape index (κ2) is 8.41. The van der Waals surface area contributed by atoms with Crippen molar-refractivity contribution in [1.82, 2.24) is 0 Å². The molecule has 21 heavy (non-hydrogen) atoms. The Kier molecular flexibility index (Phi) is 6.52. The zero-order valence-electron chi connectivity index (χ0n) is 11.6. The number of carbonyl (C=O) groups is 1. The van der Waals surface area contributed by atoms with Gasteiger partial charge in [0.2, 0.25) is 0 Å². The third kappa shape index (κ3) is 5.81. The number of carbonyl (C=O) groups excluding carboxylic acids is 1. The van der Waals surface area contributed by atoms with Crippen LogP contribution in [0.5, 0.6) is 11.5 Å². The lowest BCUT2D eigenvalue weighted by atomic mass is 10.2. The minimum atomic E-state index is -0.888. The van der Waals surface area contributed by atoms with Crippen molar-refractivity contribution in [1.29, 1.82) is 0 Å². The van der Waals surface area contributed by atoms with E-state index in [1.54, 1.807) is 24.3 Å². The Bertz CT molecular complexity index is 527. The normalized spacial score (nSPS) is 10.2. The smallest absolute Gasteiger partial charge is 0.330 e. The number of benzene rings is 1. The second-order valence-electron chi connectivity index (χ2n) is 3.67. The van der Waals surface area contributed by atoms with E-state index in [0.29, 0.717) is 17.1 Å². The van der Waals surface area contributed by atoms with Gasteiger partial charge in [0.25, 0.3) is 5.09 Å². The van der Waals surface area contributed by atoms with Crippen LogP contribution in [0.3, 0.4) is 0 Å². The number of hydrogen-bond acceptors (Lipinski definition) is 7. The molecule has 0 amide bonds. The van der Waals surface area contributed by atoms with E-state index in [4.69, 9.17) is 9.47 Å². The average molecular weight is 297 g/mol. The zero-order chi connectivity index (χ0) is 15.7. The van der Waals surface area contributed by atoms with Crippen molar-refractivity contribution in [2.75, 3.05) is 27.4 Å². The molecule has 0 spiro atoms. The molecule has 0 saturated carbocycles. The quantitative estimate of drug-likeness (QED) is 0.235. The van der Waals surface area contributed by atoms with Gasteiger partial charge >= 0.3 is 5.97 Å². The van der Waals surface area contributed by atoms with Gasteiger partial charge < -0.3 is 19.0 Å². The van der Waals surface area contributed by atoms with Crippen molar-refractivity contribution in [3.8, 4) is 11.5 Å². The number of ether oxygens (including phenoxy) is 3. The number of hydrogen-bond donors (Lipinski definition) is 0. The van der Waals surface area contributed by atoms with Crippen LogP contribution in [0, 0.1) is 10.1 Å². The number of rotatable bonds is 8. The lowest BCUT2D eigenvalue weighted by molar-refractivity contribution is -0.757. The van der Waals surface area contributed by atoms with Gasteiger partial charge in [-0.05, 0) is 23.8 Å². The van der Waals surface area contributed by atoms with E-state index in [9.17, 15) is 14.9 Å². The Balaban J connectivity index is 2.68. The Morgan fingerprint density at radius 1 is 1.29 bits per heavy atom. The largest absolute Gasteiger partial charge is 0.493 e. The summed E-state index contributed by atoms with van der Waals surface area (Å²) in [5.41, 5.74) is 0.714. The third-order valence-corrected chi connectivity index (χ3v) is 2.34. The lowest BCUT2D eigenvalue weighted by Crippen LogP contribution is -2.10. The molecule has 1 aromatic carbocycles. The van der Waals surface area contributed by atoms with Gasteiger partial charge in [-0.25, -0.2) is 4.79 Å². The van der Waals surface area contributed by atoms with Crippen molar-refractivity contribution in [3.63, 3.8) is 0 Å². The predicted molar refractivity (Wildman–Crippen MR) is 72.5 cm³/mol. The molecule has 0 bridgehead atoms. The van der Waals surface area contributed by atoms with Gasteiger partial charge in [0.1, 0.15) is 13.2 Å². The molecule has 0 unspecified atom stereocenters. The average Bonchev–Trinajstić information content (AvgIpc) is 2.49. The van der Waals surface area contributed by atoms with Gasteiger partial charge in [-0.1, -0.05) is 6.07 Å². The minimum absolute atomic E-state index is 0.00862. The van der Waals surface area contributed by atoms with Crippen molar-refractivity contribution >= 4 is 12.0 Å². The minimum Gasteiger partial charge on any atom is -0.493 e. The SMILES string of the molecule is COC(=O)/C=C/c1ccc(OCCO[N+](=O)[O-])c(OC)c1. The van der Waals surface area contributed by atoms with Crippen LogP contribution in [0.1, 0.15) is 5.56 Å². The molecule has 0 saturated heterocycles. The van der Waals surface area contributed by atoms with E-state index >= 15 is 0 Å². The molecule has 0 atom stereocenters. The van der Waals surface area contributed by atoms with Crippen LogP contribution in [0.2, 0.25) is 0 Å². The Labute approximate surface area is 121 Å². The third-order valence-electron chi connectivity index (χ3n) is 2.34. The predicted octanol–water partition coefficient (Wildman–Crippen LogP) is 1.47. The highest BCUT2D eigenvalue weighted by Gasteiger charge is 2.05. The van der Waals surface area contributed by atoms with Crippen molar-refractivity contribution in [3.05, 3.63) is 40.0 Å². The van der Waals surface area contributed by atoms with Gasteiger partial charge in [0.05, 0.1) is 14.2 Å². The van der Waals surface area contributed by atoms with Crippen LogP contribution in [0.4, 0.5) is 0 Å². The van der Waals surface area contributed by atoms with E-state index in [0.717, 1.165) is 0 Å². The fraction of sp³-hybridized carbons (Fsp3) is 0.308. The van der Waals surface area contributed by atoms with Crippen LogP contribution in [-0.2, 0) is 14.4 Å². The first kappa shape index (κ1) is 16.3. The molecule has 0 aliphatic heterocycles. The standard InChI is InChI=1S/C13H15NO7/c1-18-12-9-10(4-6-13(15)19-2)3-5-11(12)20-7-8-21-14(16)17/h3-6,9H,7-8H2,1-2H3/b6-4+. The van der Waals surface area contributed by atoms with Gasteiger partial charge in [-0.3, -0.25) is 0 Å². The van der Waals surface area contributed by atoms with E-state index in [-0.39, 0.29) is 13.2 Å². The Morgan fingerprint density at radius 3 is 2.67 bits per heavy atom. The first-order valence-electron chi connectivity index (χ1n) is 5.91. The summed E-state index contributed by atoms with van der Waals surface area (Å²) in [6.07, 6.45) is 2.84. The van der Waals surface area contributed by atoms with Crippen LogP contribution in [0.15, 0.2) is 24.3 Å². The molecule has 114 valence electrons. The van der Waals surface area contributed by atoms with Gasteiger partial charge in [0.15, 0.2) is 11.5 Å². The molecule has 0 fully saturated rings. The summed E-state index contributed by atoms with van der Waals surface area (Å²) in [7, 11) is 2.75. The summed E-state index contributed by atoms with van der Waals surface area (Å²) in [5, 5.41) is 9.10. The van der Waals surface area contributed by atoms with E-state index in [1.165, 1.54) is 20.3 Å². The summed E-state index contributed by atoms with van der Waals surface area (Å²) >= 11 is 0. The summed E-state index contributed by atoms with van der Waals surface area (Å²) < 4.78 is 14.9. The second-order valence-corrected chi connectivity index (χ2v) is 3.67. The molecule has 0 aliphatic rings. The highest BCUT2D eigenvalue weighted by molar-refractivity contribution is 5.87. The van der Waals surface area contributed by atoms with E-state index < -0.39 is 11.1 Å². The first-order valence-corrected chi connectivity index (χ1v) is 5.91. The highest BCUT2D eigenvalue weighted by atomic mass is 17.0. The summed E-state index contributed by atoms with van der Waals surface area (Å²) in [6.45, 7) is -0.172. The van der Waals surface area contributed by atoms with Crippen LogP contribution in [0.25, 0.3) is 6.08 Å². The number of methoxy groups -OCH3 is 2. The first-order chi connectivity index (χ1) is 10.1. The maximum atomic E-state index is 11.0. The topological polar surface area (TPSA) is 97.1 Å². The van der Waals surface area contributed by atoms with Crippen molar-refractivity contribution in [2.45, 2.75) is 0 Å². The fourth-order valence-electron chi connectivity index (χ4n) is 1.40. The lowest BCUT2D eigenvalue weighted by Gasteiger charge is -2.10. The van der Waals surface area contributed by atoms with Gasteiger partial charge in [0, 0.05) is 6.08 Å². The van der Waals surface area contributed by atoms with Crippen LogP contribution >= 0.6 is 0 Å². The molecular formula is C13H15NO7. The number of esters is 1. The molecule has 0 N–H and O–H groups in total. The number of nitrogens with zero attached hydrogens (tertiary/aromatic N) is 1. The van der Waals surface area contributed by atoms with E-state index in [1.807, 2.05) is 0 Å². The van der Waals surface area contributed by atoms with Crippen LogP contribution < -0.4 is 9.47 Å². The maximum Gasteiger partial charge on any atom is 0.330 e. The molecule has 0 heterocycles. The molecule has 0 aliphatic carbocycles. The summed E-state index contributed by atoms with van der Waals surface area (Å²) in [5.74, 6) is 0.383. The Morgan fingerprint density at radius 2 is 2.05 bits per heavy atom. The van der Waals surface area contributed by atoms with Crippen molar-refractivity contribution < 1.29 is 28.9 Å². The monoisotopic (exact) mass is 297 g/mol. The molecule has 1 aromatic rings. The van der Waals surface area contributed by atoms with Crippen molar-refractivity contribution in [2.24, 2.45) is 0 Å². The van der Waals surface area contributed by atoms with Crippen LogP contribution in [-0.4, -0.2) is 38.5 Å². The Hall–Kier alpha value is -2.77. The fourth-order valence-corrected chi connectivity index (χ4v) is 1.40. The summed E-state index contributed by atoms with van der Waals surface area (Å²) in [4.78, 5) is 25.1. The van der Waals surface area contributed by atoms with E-state index in [2.05, 4.69) is 9.57 Å². The highest BCUT2D eigenvalue weighted by Crippen LogP contribution is 2.28. The maximum absolute atomic E-state index is 11.0. The van der Waals surface area contributed by atoms with Gasteiger partial charge in [-0.2, -0.15) is 0 Å². The molecule has 8 nitrogen and oxygen atoms in total. The molecule has 0 aromatic heterocycles.